The number of carboxylic acids is 1. The largest absolute Gasteiger partial charge is 0.493 e. The lowest BCUT2D eigenvalue weighted by Gasteiger charge is -2.11. The summed E-state index contributed by atoms with van der Waals surface area (Å²) >= 11 is 0. The molecule has 0 saturated heterocycles. The predicted octanol–water partition coefficient (Wildman–Crippen LogP) is 3.27. The molecule has 0 bridgehead atoms. The lowest BCUT2D eigenvalue weighted by atomic mass is 10.1. The molecule has 1 heterocycles. The van der Waals surface area contributed by atoms with Crippen molar-refractivity contribution in [2.24, 2.45) is 5.92 Å². The van der Waals surface area contributed by atoms with Crippen molar-refractivity contribution in [3.05, 3.63) is 42.4 Å². The van der Waals surface area contributed by atoms with Crippen molar-refractivity contribution in [2.75, 3.05) is 6.61 Å². The van der Waals surface area contributed by atoms with Gasteiger partial charge in [-0.15, -0.1) is 0 Å². The molecule has 1 aromatic carbocycles. The molecule has 0 fully saturated rings. The van der Waals surface area contributed by atoms with Gasteiger partial charge in [-0.05, 0) is 30.2 Å². The summed E-state index contributed by atoms with van der Waals surface area (Å²) in [7, 11) is 0. The number of carboxylic acid groups (broad SMARTS) is 1. The Labute approximate surface area is 123 Å². The van der Waals surface area contributed by atoms with E-state index >= 15 is 0 Å². The first kappa shape index (κ1) is 15.0. The van der Waals surface area contributed by atoms with Gasteiger partial charge in [0.25, 0.3) is 0 Å². The molecule has 1 atom stereocenters. The fourth-order valence-corrected chi connectivity index (χ4v) is 1.67. The van der Waals surface area contributed by atoms with Gasteiger partial charge in [-0.2, -0.15) is 0 Å². The molecule has 0 spiro atoms. The predicted molar refractivity (Wildman–Crippen MR) is 79.4 cm³/mol. The minimum atomic E-state index is -1.08. The van der Waals surface area contributed by atoms with Crippen LogP contribution in [0.4, 0.5) is 0 Å². The maximum Gasteiger partial charge on any atom is 0.356 e. The first-order valence-electron chi connectivity index (χ1n) is 6.88. The second kappa shape index (κ2) is 6.83. The summed E-state index contributed by atoms with van der Waals surface area (Å²) in [5, 5.41) is 8.79. The second-order valence-electron chi connectivity index (χ2n) is 4.94. The lowest BCUT2D eigenvalue weighted by molar-refractivity contribution is 0.0690. The number of rotatable bonds is 6. The van der Waals surface area contributed by atoms with Crippen LogP contribution in [-0.2, 0) is 0 Å². The first-order valence-corrected chi connectivity index (χ1v) is 6.88. The fraction of sp³-hybridized carbons (Fsp3) is 0.312. The monoisotopic (exact) mass is 286 g/mol. The first-order chi connectivity index (χ1) is 10.1. The molecule has 21 heavy (non-hydrogen) atoms. The third-order valence-electron chi connectivity index (χ3n) is 3.25. The highest BCUT2D eigenvalue weighted by Crippen LogP contribution is 2.20. The minimum Gasteiger partial charge on any atom is -0.493 e. The molecule has 1 unspecified atom stereocenters. The van der Waals surface area contributed by atoms with E-state index in [0.717, 1.165) is 17.7 Å². The van der Waals surface area contributed by atoms with Crippen LogP contribution in [-0.4, -0.2) is 27.7 Å². The van der Waals surface area contributed by atoms with Gasteiger partial charge in [-0.1, -0.05) is 20.3 Å². The van der Waals surface area contributed by atoms with Crippen LogP contribution in [0.2, 0.25) is 0 Å². The van der Waals surface area contributed by atoms with Crippen LogP contribution in [0.25, 0.3) is 11.3 Å². The highest BCUT2D eigenvalue weighted by atomic mass is 16.5. The Morgan fingerprint density at radius 1 is 1.24 bits per heavy atom. The molecule has 0 aliphatic rings. The third kappa shape index (κ3) is 4.02. The molecule has 0 amide bonds. The van der Waals surface area contributed by atoms with Crippen LogP contribution in [0.1, 0.15) is 30.8 Å². The van der Waals surface area contributed by atoms with Crippen LogP contribution < -0.4 is 4.74 Å². The lowest BCUT2D eigenvalue weighted by Crippen LogP contribution is -2.07. The molecular weight excluding hydrogens is 268 g/mol. The van der Waals surface area contributed by atoms with E-state index < -0.39 is 5.97 Å². The molecule has 0 aliphatic heterocycles. The quantitative estimate of drug-likeness (QED) is 0.882. The molecule has 5 heteroatoms. The van der Waals surface area contributed by atoms with Crippen molar-refractivity contribution in [2.45, 2.75) is 20.3 Å². The zero-order valence-electron chi connectivity index (χ0n) is 12.1. The van der Waals surface area contributed by atoms with Crippen LogP contribution in [0, 0.1) is 5.92 Å². The van der Waals surface area contributed by atoms with Crippen molar-refractivity contribution in [1.29, 1.82) is 0 Å². The van der Waals surface area contributed by atoms with Crippen molar-refractivity contribution in [1.82, 2.24) is 9.97 Å². The molecule has 2 aromatic rings. The van der Waals surface area contributed by atoms with Gasteiger partial charge >= 0.3 is 5.97 Å². The normalized spacial score (nSPS) is 11.9. The second-order valence-corrected chi connectivity index (χ2v) is 4.94. The smallest absolute Gasteiger partial charge is 0.356 e. The standard InChI is InChI=1S/C16H18N2O3/c1-3-11(2)10-21-13-6-4-12(5-7-13)14-8-18-15(9-17-14)16(19)20/h4-9,11H,3,10H2,1-2H3,(H,19,20). The van der Waals surface area contributed by atoms with Crippen LogP contribution >= 0.6 is 0 Å². The van der Waals surface area contributed by atoms with Crippen LogP contribution in [0.15, 0.2) is 36.7 Å². The van der Waals surface area contributed by atoms with E-state index in [9.17, 15) is 4.79 Å². The third-order valence-corrected chi connectivity index (χ3v) is 3.25. The summed E-state index contributed by atoms with van der Waals surface area (Å²) < 4.78 is 5.69. The van der Waals surface area contributed by atoms with E-state index in [1.807, 2.05) is 24.3 Å². The van der Waals surface area contributed by atoms with Gasteiger partial charge in [0.2, 0.25) is 0 Å². The summed E-state index contributed by atoms with van der Waals surface area (Å²) in [6.07, 6.45) is 3.80. The number of aromatic carboxylic acids is 1. The van der Waals surface area contributed by atoms with Gasteiger partial charge in [0.15, 0.2) is 5.69 Å². The average Bonchev–Trinajstić information content (AvgIpc) is 2.53. The summed E-state index contributed by atoms with van der Waals surface area (Å²) in [5.74, 6) is 0.260. The van der Waals surface area contributed by atoms with E-state index in [4.69, 9.17) is 9.84 Å². The van der Waals surface area contributed by atoms with E-state index in [1.54, 1.807) is 0 Å². The highest BCUT2D eigenvalue weighted by Gasteiger charge is 2.06. The number of carbonyl (C=O) groups is 1. The topological polar surface area (TPSA) is 72.3 Å². The summed E-state index contributed by atoms with van der Waals surface area (Å²) in [5.41, 5.74) is 1.44. The SMILES string of the molecule is CCC(C)COc1ccc(-c2cnc(C(=O)O)cn2)cc1. The van der Waals surface area contributed by atoms with Gasteiger partial charge in [0.05, 0.1) is 24.7 Å². The summed E-state index contributed by atoms with van der Waals surface area (Å²) in [4.78, 5) is 18.7. The number of ether oxygens (including phenoxy) is 1. The molecule has 5 nitrogen and oxygen atoms in total. The Hall–Kier alpha value is -2.43. The average molecular weight is 286 g/mol. The Morgan fingerprint density at radius 3 is 2.48 bits per heavy atom. The van der Waals surface area contributed by atoms with Gasteiger partial charge in [0, 0.05) is 5.56 Å². The van der Waals surface area contributed by atoms with E-state index in [1.165, 1.54) is 12.4 Å². The zero-order chi connectivity index (χ0) is 15.2. The zero-order valence-corrected chi connectivity index (χ0v) is 12.1. The molecule has 2 rings (SSSR count). The maximum atomic E-state index is 10.7. The number of aromatic nitrogens is 2. The number of hydrogen-bond acceptors (Lipinski definition) is 4. The Balaban J connectivity index is 2.06. The summed E-state index contributed by atoms with van der Waals surface area (Å²) in [6, 6.07) is 7.53. The van der Waals surface area contributed by atoms with Gasteiger partial charge < -0.3 is 9.84 Å². The van der Waals surface area contributed by atoms with Crippen LogP contribution in [0.3, 0.4) is 0 Å². The van der Waals surface area contributed by atoms with E-state index in [0.29, 0.717) is 18.2 Å². The molecular formula is C16H18N2O3. The van der Waals surface area contributed by atoms with Crippen LogP contribution in [0.5, 0.6) is 5.75 Å². The van der Waals surface area contributed by atoms with Crippen molar-refractivity contribution >= 4 is 5.97 Å². The molecule has 0 aliphatic carbocycles. The van der Waals surface area contributed by atoms with Gasteiger partial charge in [-0.3, -0.25) is 4.98 Å². The van der Waals surface area contributed by atoms with Gasteiger partial charge in [-0.25, -0.2) is 9.78 Å². The van der Waals surface area contributed by atoms with Crippen molar-refractivity contribution in [3.63, 3.8) is 0 Å². The molecule has 0 radical (unpaired) electrons. The molecule has 1 N–H and O–H groups in total. The van der Waals surface area contributed by atoms with Crippen molar-refractivity contribution in [3.8, 4) is 17.0 Å². The fourth-order valence-electron chi connectivity index (χ4n) is 1.67. The van der Waals surface area contributed by atoms with E-state index in [-0.39, 0.29) is 5.69 Å². The molecule has 0 saturated carbocycles. The number of benzene rings is 1. The summed E-state index contributed by atoms with van der Waals surface area (Å²) in [6.45, 7) is 4.98. The molecule has 1 aromatic heterocycles. The Bertz CT molecular complexity index is 594. The van der Waals surface area contributed by atoms with E-state index in [2.05, 4.69) is 23.8 Å². The van der Waals surface area contributed by atoms with Crippen molar-refractivity contribution < 1.29 is 14.6 Å². The number of nitrogens with zero attached hydrogens (tertiary/aromatic N) is 2. The number of hydrogen-bond donors (Lipinski definition) is 1. The molecule has 110 valence electrons. The van der Waals surface area contributed by atoms with Gasteiger partial charge in [0.1, 0.15) is 5.75 Å². The maximum absolute atomic E-state index is 10.7. The highest BCUT2D eigenvalue weighted by molar-refractivity contribution is 5.85. The minimum absolute atomic E-state index is 0.0627. The Kier molecular flexibility index (Phi) is 4.87. The Morgan fingerprint density at radius 2 is 1.95 bits per heavy atom.